The maximum atomic E-state index is 14.2. The van der Waals surface area contributed by atoms with Gasteiger partial charge in [-0.25, -0.2) is 4.68 Å². The molecule has 1 atom stereocenters. The topological polar surface area (TPSA) is 108 Å². The molecule has 1 N–H and O–H groups in total. The lowest BCUT2D eigenvalue weighted by atomic mass is 10.0. The number of rotatable bonds is 9. The fourth-order valence-electron chi connectivity index (χ4n) is 4.83. The number of nitrogens with one attached hydrogen (secondary N) is 1. The van der Waals surface area contributed by atoms with E-state index in [4.69, 9.17) is 25.8 Å². The molecule has 0 radical (unpaired) electrons. The van der Waals surface area contributed by atoms with Gasteiger partial charge in [0.2, 0.25) is 12.7 Å². The molecule has 0 bridgehead atoms. The quantitative estimate of drug-likeness (QED) is 0.253. The Balaban J connectivity index is 1.40. The van der Waals surface area contributed by atoms with Crippen LogP contribution in [0.25, 0.3) is 11.0 Å². The van der Waals surface area contributed by atoms with Crippen molar-refractivity contribution in [2.75, 3.05) is 19.2 Å². The van der Waals surface area contributed by atoms with Crippen LogP contribution in [0.1, 0.15) is 17.2 Å². The number of carbonyl (C=O) groups is 2. The van der Waals surface area contributed by atoms with Gasteiger partial charge in [0.25, 0.3) is 5.91 Å². The van der Waals surface area contributed by atoms with E-state index in [0.29, 0.717) is 44.6 Å². The Hall–Kier alpha value is -5.09. The summed E-state index contributed by atoms with van der Waals surface area (Å²) in [5, 5.41) is 11.9. The van der Waals surface area contributed by atoms with E-state index in [-0.39, 0.29) is 25.8 Å². The van der Waals surface area contributed by atoms with E-state index in [9.17, 15) is 9.59 Å². The lowest BCUT2D eigenvalue weighted by Crippen LogP contribution is -2.42. The van der Waals surface area contributed by atoms with Gasteiger partial charge in [0.1, 0.15) is 23.9 Å². The zero-order chi connectivity index (χ0) is 29.1. The van der Waals surface area contributed by atoms with Crippen LogP contribution < -0.4 is 19.5 Å². The van der Waals surface area contributed by atoms with Crippen LogP contribution in [0.3, 0.4) is 0 Å². The smallest absolute Gasteiger partial charge is 0.251 e. The van der Waals surface area contributed by atoms with Gasteiger partial charge in [0.15, 0.2) is 11.5 Å². The van der Waals surface area contributed by atoms with Crippen molar-refractivity contribution in [2.45, 2.75) is 19.1 Å². The fourth-order valence-corrected chi connectivity index (χ4v) is 4.96. The Morgan fingerprint density at radius 2 is 1.81 bits per heavy atom. The number of nitrogens with zero attached hydrogens (tertiary/aromatic N) is 4. The van der Waals surface area contributed by atoms with Crippen LogP contribution in [0.15, 0.2) is 91.0 Å². The third kappa shape index (κ3) is 5.70. The second kappa shape index (κ2) is 11.8. The van der Waals surface area contributed by atoms with Crippen LogP contribution in [0.5, 0.6) is 17.2 Å². The molecular weight excluding hydrogens is 558 g/mol. The number of aromatic nitrogens is 3. The maximum Gasteiger partial charge on any atom is 0.251 e. The second-order valence-corrected chi connectivity index (χ2v) is 10.1. The third-order valence-corrected chi connectivity index (χ3v) is 7.15. The van der Waals surface area contributed by atoms with Crippen molar-refractivity contribution in [3.05, 3.63) is 107 Å². The van der Waals surface area contributed by atoms with E-state index < -0.39 is 11.9 Å². The van der Waals surface area contributed by atoms with Gasteiger partial charge < -0.3 is 24.4 Å². The minimum Gasteiger partial charge on any atom is -0.497 e. The fraction of sp³-hybridized carbons (Fsp3) is 0.161. The number of para-hydroxylation sites is 1. The van der Waals surface area contributed by atoms with E-state index in [2.05, 4.69) is 15.6 Å². The minimum absolute atomic E-state index is 0.111. The number of methoxy groups -OCH3 is 1. The van der Waals surface area contributed by atoms with E-state index >= 15 is 0 Å². The first-order valence-electron chi connectivity index (χ1n) is 13.1. The van der Waals surface area contributed by atoms with Crippen molar-refractivity contribution < 1.29 is 23.8 Å². The predicted molar refractivity (Wildman–Crippen MR) is 156 cm³/mol. The number of amides is 2. The van der Waals surface area contributed by atoms with Crippen LogP contribution in [0, 0.1) is 0 Å². The Labute approximate surface area is 246 Å². The highest BCUT2D eigenvalue weighted by Gasteiger charge is 2.33. The highest BCUT2D eigenvalue weighted by molar-refractivity contribution is 6.30. The van der Waals surface area contributed by atoms with E-state index in [1.807, 2.05) is 36.4 Å². The predicted octanol–water partition coefficient (Wildman–Crippen LogP) is 5.23. The van der Waals surface area contributed by atoms with Gasteiger partial charge >= 0.3 is 0 Å². The molecule has 0 fully saturated rings. The lowest BCUT2D eigenvalue weighted by molar-refractivity contribution is -0.140. The number of halogens is 1. The number of hydrogen-bond donors (Lipinski definition) is 1. The number of anilines is 1. The maximum absolute atomic E-state index is 14.2. The molecule has 10 nitrogen and oxygen atoms in total. The van der Waals surface area contributed by atoms with Crippen molar-refractivity contribution >= 4 is 40.1 Å². The largest absolute Gasteiger partial charge is 0.497 e. The normalized spacial score (nSPS) is 12.6. The van der Waals surface area contributed by atoms with Gasteiger partial charge in [-0.1, -0.05) is 53.2 Å². The van der Waals surface area contributed by atoms with Crippen LogP contribution in [0.4, 0.5) is 5.69 Å². The molecule has 1 unspecified atom stereocenters. The molecule has 0 saturated carbocycles. The molecule has 212 valence electrons. The van der Waals surface area contributed by atoms with Crippen LogP contribution in [-0.2, 0) is 22.7 Å². The zero-order valence-corrected chi connectivity index (χ0v) is 23.3. The molecule has 0 spiro atoms. The number of ether oxygens (including phenoxy) is 3. The Morgan fingerprint density at radius 1 is 1.00 bits per heavy atom. The van der Waals surface area contributed by atoms with Crippen molar-refractivity contribution in [1.82, 2.24) is 19.9 Å². The van der Waals surface area contributed by atoms with Gasteiger partial charge in [0.05, 0.1) is 12.6 Å². The van der Waals surface area contributed by atoms with Crippen molar-refractivity contribution in [3.63, 3.8) is 0 Å². The summed E-state index contributed by atoms with van der Waals surface area (Å²) in [6.07, 6.45) is 0. The van der Waals surface area contributed by atoms with E-state index in [1.165, 1.54) is 9.58 Å². The number of fused-ring (bicyclic) bond motifs is 2. The summed E-state index contributed by atoms with van der Waals surface area (Å²) < 4.78 is 17.9. The Morgan fingerprint density at radius 3 is 2.64 bits per heavy atom. The average molecular weight is 584 g/mol. The lowest BCUT2D eigenvalue weighted by Gasteiger charge is -2.32. The minimum atomic E-state index is -1.04. The summed E-state index contributed by atoms with van der Waals surface area (Å²) in [7, 11) is 1.55. The molecule has 2 amide bonds. The molecule has 5 aromatic rings. The number of hydrogen-bond acceptors (Lipinski definition) is 7. The van der Waals surface area contributed by atoms with Crippen molar-refractivity contribution in [3.8, 4) is 17.2 Å². The molecule has 11 heteroatoms. The first kappa shape index (κ1) is 27.1. The molecule has 42 heavy (non-hydrogen) atoms. The van der Waals surface area contributed by atoms with Crippen molar-refractivity contribution in [1.29, 1.82) is 0 Å². The SMILES string of the molecule is COc1cccc(C(C(=O)Nc2ccc3c(c2)OCO3)N(Cc2ccc(Cl)cc2)C(=O)Cn2nnc3ccccc32)c1. The molecular formula is C31H26ClN5O5. The zero-order valence-electron chi connectivity index (χ0n) is 22.6. The summed E-state index contributed by atoms with van der Waals surface area (Å²) in [6.45, 7) is 0.102. The highest BCUT2D eigenvalue weighted by atomic mass is 35.5. The molecule has 4 aromatic carbocycles. The third-order valence-electron chi connectivity index (χ3n) is 6.90. The van der Waals surface area contributed by atoms with Crippen LogP contribution >= 0.6 is 11.6 Å². The molecule has 1 aromatic heterocycles. The first-order valence-corrected chi connectivity index (χ1v) is 13.5. The molecule has 0 aliphatic carbocycles. The summed E-state index contributed by atoms with van der Waals surface area (Å²) in [5.74, 6) is 0.909. The summed E-state index contributed by atoms with van der Waals surface area (Å²) in [4.78, 5) is 29.8. The summed E-state index contributed by atoms with van der Waals surface area (Å²) >= 11 is 6.14. The van der Waals surface area contributed by atoms with E-state index in [1.54, 1.807) is 61.7 Å². The second-order valence-electron chi connectivity index (χ2n) is 9.62. The highest BCUT2D eigenvalue weighted by Crippen LogP contribution is 2.35. The molecule has 1 aliphatic rings. The molecule has 6 rings (SSSR count). The Kier molecular flexibility index (Phi) is 7.61. The standard InChI is InChI=1S/C31H26ClN5O5/c1-40-24-6-4-5-21(15-24)30(31(39)33-23-13-14-27-28(16-23)42-19-41-27)36(17-20-9-11-22(32)12-10-20)29(38)18-37-26-8-3-2-7-25(26)34-35-37/h2-16,30H,17-19H2,1H3,(H,33,39). The van der Waals surface area contributed by atoms with Crippen molar-refractivity contribution in [2.24, 2.45) is 0 Å². The average Bonchev–Trinajstić information content (AvgIpc) is 3.65. The molecule has 1 aliphatic heterocycles. The summed E-state index contributed by atoms with van der Waals surface area (Å²) in [5.41, 5.74) is 3.23. The van der Waals surface area contributed by atoms with Crippen LogP contribution in [-0.4, -0.2) is 45.6 Å². The molecule has 0 saturated heterocycles. The van der Waals surface area contributed by atoms with Crippen LogP contribution in [0.2, 0.25) is 5.02 Å². The van der Waals surface area contributed by atoms with Gasteiger partial charge in [-0.2, -0.15) is 0 Å². The summed E-state index contributed by atoms with van der Waals surface area (Å²) in [6, 6.07) is 25.7. The number of benzene rings is 4. The van der Waals surface area contributed by atoms with Gasteiger partial charge in [0, 0.05) is 23.3 Å². The number of carbonyl (C=O) groups excluding carboxylic acids is 2. The van der Waals surface area contributed by atoms with Gasteiger partial charge in [-0.05, 0) is 59.7 Å². The van der Waals surface area contributed by atoms with Gasteiger partial charge in [-0.3, -0.25) is 9.59 Å². The Bertz CT molecular complexity index is 1760. The monoisotopic (exact) mass is 583 g/mol. The van der Waals surface area contributed by atoms with E-state index in [0.717, 1.165) is 5.56 Å². The first-order chi connectivity index (χ1) is 20.5. The molecule has 2 heterocycles. The van der Waals surface area contributed by atoms with Gasteiger partial charge in [-0.15, -0.1) is 5.10 Å².